The number of hydrogen-bond acceptors (Lipinski definition) is 2. The Bertz CT molecular complexity index is 243. The molecule has 1 aliphatic carbocycles. The number of rotatable bonds is 2. The fraction of sp³-hybridized carbons (Fsp3) is 0.444. The van der Waals surface area contributed by atoms with Crippen LogP contribution in [-0.4, -0.2) is 13.3 Å². The molecule has 0 saturated heterocycles. The van der Waals surface area contributed by atoms with Crippen molar-refractivity contribution in [3.8, 4) is 0 Å². The molecule has 12 heavy (non-hydrogen) atoms. The minimum atomic E-state index is 0.381. The number of hydrogen-bond donors (Lipinski definition) is 0. The molecule has 1 aliphatic rings. The molecular weight excluding hydrogens is 218 g/mol. The van der Waals surface area contributed by atoms with Crippen LogP contribution in [0, 0.1) is 5.92 Å². The zero-order valence-electron chi connectivity index (χ0n) is 7.25. The molecule has 0 heterocycles. The number of oxime groups is 1. The van der Waals surface area contributed by atoms with E-state index in [0.717, 1.165) is 6.42 Å². The molecule has 1 unspecified atom stereocenters. The Hall–Kier alpha value is -0.570. The third kappa shape index (κ3) is 2.48. The van der Waals surface area contributed by atoms with Crippen LogP contribution in [0.5, 0.6) is 0 Å². The maximum absolute atomic E-state index is 4.61. The second kappa shape index (κ2) is 4.45. The normalized spacial score (nSPS) is 23.8. The van der Waals surface area contributed by atoms with Gasteiger partial charge in [-0.2, -0.15) is 0 Å². The van der Waals surface area contributed by atoms with Crippen molar-refractivity contribution in [2.24, 2.45) is 11.1 Å². The highest BCUT2D eigenvalue weighted by atomic mass is 79.9. The zero-order chi connectivity index (χ0) is 8.97. The average Bonchev–Trinajstić information content (AvgIpc) is 2.07. The highest BCUT2D eigenvalue weighted by molar-refractivity contribution is 9.12. The van der Waals surface area contributed by atoms with E-state index in [1.165, 1.54) is 10.1 Å². The van der Waals surface area contributed by atoms with Crippen LogP contribution in [0.25, 0.3) is 0 Å². The van der Waals surface area contributed by atoms with E-state index < -0.39 is 0 Å². The van der Waals surface area contributed by atoms with Crippen LogP contribution >= 0.6 is 15.9 Å². The zero-order valence-corrected chi connectivity index (χ0v) is 8.84. The molecule has 0 aromatic rings. The van der Waals surface area contributed by atoms with Crippen LogP contribution in [-0.2, 0) is 4.84 Å². The maximum Gasteiger partial charge on any atom is 0.106 e. The smallest absolute Gasteiger partial charge is 0.106 e. The summed E-state index contributed by atoms with van der Waals surface area (Å²) in [6.45, 7) is 2.08. The first-order valence-corrected chi connectivity index (χ1v) is 4.64. The molecule has 1 rings (SSSR count). The summed E-state index contributed by atoms with van der Waals surface area (Å²) < 4.78 is 1.18. The summed E-state index contributed by atoms with van der Waals surface area (Å²) in [5.74, 6) is 0.381. The predicted molar refractivity (Wildman–Crippen MR) is 54.4 cm³/mol. The summed E-state index contributed by atoms with van der Waals surface area (Å²) in [5, 5.41) is 3.74. The summed E-state index contributed by atoms with van der Waals surface area (Å²) in [4.78, 5) is 4.61. The molecule has 0 aliphatic heterocycles. The molecule has 0 spiro atoms. The summed E-state index contributed by atoms with van der Waals surface area (Å²) >= 11 is 3.47. The largest absolute Gasteiger partial charge is 0.399 e. The van der Waals surface area contributed by atoms with E-state index in [1.807, 2.05) is 6.21 Å². The van der Waals surface area contributed by atoms with Crippen molar-refractivity contribution in [2.45, 2.75) is 13.3 Å². The third-order valence-electron chi connectivity index (χ3n) is 1.77. The van der Waals surface area contributed by atoms with Crippen LogP contribution in [0.3, 0.4) is 0 Å². The number of nitrogens with zero attached hydrogens (tertiary/aromatic N) is 1. The first-order chi connectivity index (χ1) is 5.74. The molecule has 0 radical (unpaired) electrons. The molecule has 0 aromatic carbocycles. The van der Waals surface area contributed by atoms with Gasteiger partial charge in [0.1, 0.15) is 7.11 Å². The first-order valence-electron chi connectivity index (χ1n) is 3.85. The van der Waals surface area contributed by atoms with Gasteiger partial charge in [-0.25, -0.2) is 0 Å². The van der Waals surface area contributed by atoms with Crippen LogP contribution in [0.4, 0.5) is 0 Å². The van der Waals surface area contributed by atoms with Gasteiger partial charge in [0.2, 0.25) is 0 Å². The minimum absolute atomic E-state index is 0.381. The monoisotopic (exact) mass is 229 g/mol. The van der Waals surface area contributed by atoms with Gasteiger partial charge in [-0.3, -0.25) is 0 Å². The van der Waals surface area contributed by atoms with Gasteiger partial charge in [-0.15, -0.1) is 0 Å². The van der Waals surface area contributed by atoms with E-state index in [9.17, 15) is 0 Å². The van der Waals surface area contributed by atoms with E-state index in [2.05, 4.69) is 45.0 Å². The molecule has 3 heteroatoms. The molecule has 0 bridgehead atoms. The molecule has 0 aromatic heterocycles. The lowest BCUT2D eigenvalue weighted by atomic mass is 9.98. The fourth-order valence-electron chi connectivity index (χ4n) is 1.11. The summed E-state index contributed by atoms with van der Waals surface area (Å²) in [5.41, 5.74) is 1.26. The highest BCUT2D eigenvalue weighted by Crippen LogP contribution is 2.25. The van der Waals surface area contributed by atoms with Gasteiger partial charge >= 0.3 is 0 Å². The summed E-state index contributed by atoms with van der Waals surface area (Å²) in [6.07, 6.45) is 7.14. The standard InChI is InChI=1S/C9H12BrNO/c1-7-5-8(6-11-12-2)3-4-9(7)10/h4-6,8H,3H2,1-2H3/b11-6+. The Kier molecular flexibility index (Phi) is 3.53. The third-order valence-corrected chi connectivity index (χ3v) is 2.72. The molecule has 0 saturated carbocycles. The van der Waals surface area contributed by atoms with Crippen molar-refractivity contribution >= 4 is 22.1 Å². The summed E-state index contributed by atoms with van der Waals surface area (Å²) in [7, 11) is 1.56. The van der Waals surface area contributed by atoms with Crippen LogP contribution in [0.15, 0.2) is 27.4 Å². The molecule has 0 fully saturated rings. The first kappa shape index (κ1) is 9.52. The Morgan fingerprint density at radius 3 is 3.08 bits per heavy atom. The van der Waals surface area contributed by atoms with Gasteiger partial charge in [-0.05, 0) is 18.9 Å². The van der Waals surface area contributed by atoms with Gasteiger partial charge in [-0.1, -0.05) is 33.2 Å². The molecule has 0 amide bonds. The average molecular weight is 230 g/mol. The topological polar surface area (TPSA) is 21.6 Å². The van der Waals surface area contributed by atoms with E-state index in [0.29, 0.717) is 5.92 Å². The van der Waals surface area contributed by atoms with Gasteiger partial charge in [0.05, 0.1) is 6.21 Å². The number of halogens is 1. The van der Waals surface area contributed by atoms with E-state index in [1.54, 1.807) is 7.11 Å². The maximum atomic E-state index is 4.61. The second-order valence-electron chi connectivity index (χ2n) is 2.74. The molecule has 66 valence electrons. The molecular formula is C9H12BrNO. The Balaban J connectivity index is 2.59. The van der Waals surface area contributed by atoms with E-state index in [-0.39, 0.29) is 0 Å². The minimum Gasteiger partial charge on any atom is -0.399 e. The van der Waals surface area contributed by atoms with Crippen molar-refractivity contribution in [1.29, 1.82) is 0 Å². The Morgan fingerprint density at radius 1 is 1.75 bits per heavy atom. The van der Waals surface area contributed by atoms with Gasteiger partial charge < -0.3 is 4.84 Å². The van der Waals surface area contributed by atoms with Crippen LogP contribution < -0.4 is 0 Å². The van der Waals surface area contributed by atoms with E-state index in [4.69, 9.17) is 0 Å². The lowest BCUT2D eigenvalue weighted by Gasteiger charge is -2.12. The number of allylic oxidation sites excluding steroid dienone is 4. The summed E-state index contributed by atoms with van der Waals surface area (Å²) in [6, 6.07) is 0. The van der Waals surface area contributed by atoms with Crippen molar-refractivity contribution in [2.75, 3.05) is 7.11 Å². The van der Waals surface area contributed by atoms with Crippen molar-refractivity contribution < 1.29 is 4.84 Å². The molecule has 1 atom stereocenters. The van der Waals surface area contributed by atoms with Gasteiger partial charge in [0.15, 0.2) is 0 Å². The SMILES string of the molecule is CO/N=C/C1C=C(C)C(Br)=CC1. The van der Waals surface area contributed by atoms with Crippen LogP contribution in [0.2, 0.25) is 0 Å². The quantitative estimate of drug-likeness (QED) is 0.528. The van der Waals surface area contributed by atoms with Crippen LogP contribution in [0.1, 0.15) is 13.3 Å². The molecule has 0 N–H and O–H groups in total. The van der Waals surface area contributed by atoms with Crippen molar-refractivity contribution in [3.05, 3.63) is 22.2 Å². The van der Waals surface area contributed by atoms with E-state index >= 15 is 0 Å². The highest BCUT2D eigenvalue weighted by Gasteiger charge is 2.08. The Morgan fingerprint density at radius 2 is 2.50 bits per heavy atom. The fourth-order valence-corrected chi connectivity index (χ4v) is 1.43. The lowest BCUT2D eigenvalue weighted by Crippen LogP contribution is -2.02. The van der Waals surface area contributed by atoms with Gasteiger partial charge in [0, 0.05) is 10.4 Å². The molecule has 2 nitrogen and oxygen atoms in total. The second-order valence-corrected chi connectivity index (χ2v) is 3.59. The Labute approximate surface area is 81.1 Å². The van der Waals surface area contributed by atoms with Gasteiger partial charge in [0.25, 0.3) is 0 Å². The van der Waals surface area contributed by atoms with Crippen molar-refractivity contribution in [1.82, 2.24) is 0 Å². The predicted octanol–water partition coefficient (Wildman–Crippen LogP) is 2.86. The lowest BCUT2D eigenvalue weighted by molar-refractivity contribution is 0.214. The van der Waals surface area contributed by atoms with Crippen molar-refractivity contribution in [3.63, 3.8) is 0 Å².